The number of nitrogens with zero attached hydrogens (tertiary/aromatic N) is 2. The molecule has 2 nitrogen and oxygen atoms in total. The van der Waals surface area contributed by atoms with E-state index in [1.54, 1.807) is 0 Å². The molecule has 328 valence electrons. The maximum atomic E-state index is 2.59. The van der Waals surface area contributed by atoms with Gasteiger partial charge in [0.1, 0.15) is 0 Å². The van der Waals surface area contributed by atoms with Crippen molar-refractivity contribution in [3.05, 3.63) is 264 Å². The largest absolute Gasteiger partial charge is 0.314 e. The van der Waals surface area contributed by atoms with Crippen LogP contribution in [-0.4, -0.2) is 0 Å². The van der Waals surface area contributed by atoms with Gasteiger partial charge in [-0.05, 0) is 157 Å². The van der Waals surface area contributed by atoms with Gasteiger partial charge in [-0.15, -0.1) is 0 Å². The minimum Gasteiger partial charge on any atom is -0.314 e. The van der Waals surface area contributed by atoms with Crippen LogP contribution in [0.25, 0.3) is 50.1 Å². The molecule has 12 rings (SSSR count). The molecule has 0 saturated heterocycles. The van der Waals surface area contributed by atoms with Crippen LogP contribution in [0.5, 0.6) is 0 Å². The second kappa shape index (κ2) is 16.4. The summed E-state index contributed by atoms with van der Waals surface area (Å²) in [7, 11) is 0. The maximum Gasteiger partial charge on any atom is 0.0544 e. The second-order valence-electron chi connectivity index (χ2n) is 19.7. The van der Waals surface area contributed by atoms with Gasteiger partial charge in [-0.2, -0.15) is 0 Å². The predicted octanol–water partition coefficient (Wildman–Crippen LogP) is 18.0. The van der Waals surface area contributed by atoms with Crippen molar-refractivity contribution in [3.8, 4) is 44.5 Å². The van der Waals surface area contributed by atoms with Crippen LogP contribution in [0.3, 0.4) is 0 Å². The molecule has 68 heavy (non-hydrogen) atoms. The number of hydrogen-bond acceptors (Lipinski definition) is 2. The van der Waals surface area contributed by atoms with Crippen LogP contribution >= 0.6 is 0 Å². The van der Waals surface area contributed by atoms with Gasteiger partial charge in [0.15, 0.2) is 0 Å². The summed E-state index contributed by atoms with van der Waals surface area (Å²) >= 11 is 0. The molecule has 0 atom stereocenters. The van der Waals surface area contributed by atoms with Crippen molar-refractivity contribution in [2.45, 2.75) is 51.4 Å². The average molecular weight is 875 g/mol. The lowest BCUT2D eigenvalue weighted by molar-refractivity contribution is 0.597. The Morgan fingerprint density at radius 1 is 0.338 bits per heavy atom. The highest BCUT2D eigenvalue weighted by Crippen LogP contribution is 2.61. The summed E-state index contributed by atoms with van der Waals surface area (Å²) in [6.07, 6.45) is 6.62. The van der Waals surface area contributed by atoms with E-state index in [-0.39, 0.29) is 10.8 Å². The molecule has 0 aromatic heterocycles. The van der Waals surface area contributed by atoms with Crippen molar-refractivity contribution in [1.82, 2.24) is 0 Å². The zero-order valence-corrected chi connectivity index (χ0v) is 39.2. The Balaban J connectivity index is 0.990. The predicted molar refractivity (Wildman–Crippen MR) is 287 cm³/mol. The third kappa shape index (κ3) is 7.02. The molecule has 2 aliphatic heterocycles. The lowest BCUT2D eigenvalue weighted by Crippen LogP contribution is -2.38. The fourth-order valence-electron chi connectivity index (χ4n) is 11.2. The number of hydrogen-bond donors (Lipinski definition) is 0. The lowest BCUT2D eigenvalue weighted by Gasteiger charge is -2.50. The summed E-state index contributed by atoms with van der Waals surface area (Å²) in [5, 5.41) is 0. The summed E-state index contributed by atoms with van der Waals surface area (Å²) in [5.74, 6) is 0. The van der Waals surface area contributed by atoms with Crippen molar-refractivity contribution in [2.75, 3.05) is 9.80 Å². The first-order valence-electron chi connectivity index (χ1n) is 24.1. The molecule has 0 N–H and O–H groups in total. The van der Waals surface area contributed by atoms with E-state index in [2.05, 4.69) is 268 Å². The Kier molecular flexibility index (Phi) is 10.0. The number of allylic oxidation sites excluding steroid dienone is 4. The van der Waals surface area contributed by atoms with E-state index in [9.17, 15) is 0 Å². The molecule has 0 amide bonds. The summed E-state index contributed by atoms with van der Waals surface area (Å²) in [4.78, 5) is 5.05. The van der Waals surface area contributed by atoms with E-state index in [4.69, 9.17) is 0 Å². The van der Waals surface area contributed by atoms with Crippen molar-refractivity contribution >= 4 is 34.0 Å². The summed E-state index contributed by atoms with van der Waals surface area (Å²) in [6.45, 7) is 9.76. The van der Waals surface area contributed by atoms with Gasteiger partial charge in [0.2, 0.25) is 0 Å². The van der Waals surface area contributed by atoms with Crippen molar-refractivity contribution in [3.63, 3.8) is 0 Å². The molecule has 0 unspecified atom stereocenters. The van der Waals surface area contributed by atoms with Gasteiger partial charge in [0, 0.05) is 27.9 Å². The standard InChI is InChI=1S/C66H54N2/c1-65(2)58-41-52(47-21-13-7-14-22-47)31-39-62(58)68-63-40-32-53(48-23-15-8-16-24-48)42-59(63)66(3,4)61-44-54(43-60(65)64(61)68)51-29-37-57(38-30-51)67(55-33-25-49(26-34-55)45-17-9-5-10-18-45)56-35-27-50(28-36-56)46-19-11-6-12-20-46/h5-29,31-37,39-44H,30,38H2,1-4H3. The molecular formula is C66H54N2. The van der Waals surface area contributed by atoms with Crippen LogP contribution in [0.15, 0.2) is 236 Å². The quantitative estimate of drug-likeness (QED) is 0.150. The summed E-state index contributed by atoms with van der Waals surface area (Å²) in [6, 6.07) is 80.5. The molecule has 2 heterocycles. The van der Waals surface area contributed by atoms with E-state index >= 15 is 0 Å². The highest BCUT2D eigenvalue weighted by atomic mass is 15.2. The minimum absolute atomic E-state index is 0.265. The van der Waals surface area contributed by atoms with Crippen LogP contribution in [0, 0.1) is 0 Å². The van der Waals surface area contributed by atoms with E-state index in [0.29, 0.717) is 0 Å². The van der Waals surface area contributed by atoms with Crippen LogP contribution in [-0.2, 0) is 10.8 Å². The smallest absolute Gasteiger partial charge is 0.0544 e. The highest BCUT2D eigenvalue weighted by Gasteiger charge is 2.46. The van der Waals surface area contributed by atoms with Gasteiger partial charge in [0.25, 0.3) is 0 Å². The first-order chi connectivity index (χ1) is 33.2. The van der Waals surface area contributed by atoms with Crippen molar-refractivity contribution in [1.29, 1.82) is 0 Å². The van der Waals surface area contributed by atoms with Gasteiger partial charge >= 0.3 is 0 Å². The van der Waals surface area contributed by atoms with Gasteiger partial charge in [-0.25, -0.2) is 0 Å². The third-order valence-electron chi connectivity index (χ3n) is 15.0. The monoisotopic (exact) mass is 874 g/mol. The zero-order chi connectivity index (χ0) is 46.0. The SMILES string of the molecule is CC1(C)c2cc(-c3ccccc3)ccc2N2c3ccc(-c4ccccc4)cc3C(C)(C)c3cc(C4=CC=C(N(c5ccc(-c6ccccc6)cc5)c5ccc(-c6ccccc6)cc5)CC4)cc1c32. The first-order valence-corrected chi connectivity index (χ1v) is 24.1. The van der Waals surface area contributed by atoms with E-state index in [0.717, 1.165) is 24.2 Å². The van der Waals surface area contributed by atoms with E-state index < -0.39 is 0 Å². The molecule has 0 bridgehead atoms. The van der Waals surface area contributed by atoms with Gasteiger partial charge in [0.05, 0.1) is 17.1 Å². The topological polar surface area (TPSA) is 6.48 Å². The van der Waals surface area contributed by atoms with Crippen LogP contribution in [0.1, 0.15) is 68.4 Å². The number of rotatable bonds is 8. The Bertz CT molecular complexity index is 3190. The van der Waals surface area contributed by atoms with Crippen LogP contribution in [0.4, 0.5) is 28.4 Å². The molecule has 0 radical (unpaired) electrons. The molecule has 1 aliphatic carbocycles. The van der Waals surface area contributed by atoms with E-state index in [1.165, 1.54) is 101 Å². The van der Waals surface area contributed by atoms with Crippen molar-refractivity contribution in [2.24, 2.45) is 0 Å². The summed E-state index contributed by atoms with van der Waals surface area (Å²) < 4.78 is 0. The summed E-state index contributed by atoms with van der Waals surface area (Å²) in [5.41, 5.74) is 24.9. The second-order valence-corrected chi connectivity index (χ2v) is 19.7. The molecule has 0 spiro atoms. The highest BCUT2D eigenvalue weighted by molar-refractivity contribution is 5.95. The Morgan fingerprint density at radius 2 is 0.691 bits per heavy atom. The molecule has 9 aromatic carbocycles. The Hall–Kier alpha value is -7.94. The zero-order valence-electron chi connectivity index (χ0n) is 39.2. The Morgan fingerprint density at radius 3 is 1.07 bits per heavy atom. The number of benzene rings is 9. The molecule has 0 saturated carbocycles. The third-order valence-corrected chi connectivity index (χ3v) is 15.0. The fraction of sp³-hybridized carbons (Fsp3) is 0.121. The molecule has 9 aromatic rings. The van der Waals surface area contributed by atoms with Gasteiger partial charge < -0.3 is 9.80 Å². The van der Waals surface area contributed by atoms with Crippen LogP contribution in [0.2, 0.25) is 0 Å². The molecule has 3 aliphatic rings. The first kappa shape index (κ1) is 41.5. The van der Waals surface area contributed by atoms with Crippen molar-refractivity contribution < 1.29 is 0 Å². The van der Waals surface area contributed by atoms with Crippen LogP contribution < -0.4 is 9.80 Å². The fourth-order valence-corrected chi connectivity index (χ4v) is 11.2. The lowest BCUT2D eigenvalue weighted by atomic mass is 9.65. The average Bonchev–Trinajstić information content (AvgIpc) is 3.40. The number of fused-ring (bicyclic) bond motifs is 4. The van der Waals surface area contributed by atoms with Gasteiger partial charge in [-0.1, -0.05) is 191 Å². The van der Waals surface area contributed by atoms with Gasteiger partial charge in [-0.3, -0.25) is 0 Å². The molecule has 2 heteroatoms. The maximum absolute atomic E-state index is 2.59. The Labute approximate surface area is 401 Å². The molecule has 0 fully saturated rings. The number of anilines is 5. The molecular weight excluding hydrogens is 821 g/mol. The minimum atomic E-state index is -0.265. The normalized spacial score (nSPS) is 15.0. The van der Waals surface area contributed by atoms with E-state index in [1.807, 2.05) is 0 Å².